The number of quaternary nitrogens is 1. The van der Waals surface area contributed by atoms with Crippen molar-refractivity contribution in [1.82, 2.24) is 5.32 Å². The number of amides is 1. The van der Waals surface area contributed by atoms with Gasteiger partial charge in [-0.25, -0.2) is 4.57 Å². The maximum atomic E-state index is 12.7. The Morgan fingerprint density at radius 2 is 1.25 bits per heavy atom. The fraction of sp³-hybridized carbons (Fsp3) is 0.769. The van der Waals surface area contributed by atoms with Crippen molar-refractivity contribution in [3.05, 3.63) is 48.6 Å². The summed E-state index contributed by atoms with van der Waals surface area (Å²) in [6.07, 6.45) is 37.9. The van der Waals surface area contributed by atoms with Crippen LogP contribution in [-0.4, -0.2) is 73.4 Å². The van der Waals surface area contributed by atoms with E-state index in [0.717, 1.165) is 64.2 Å². The van der Waals surface area contributed by atoms with Gasteiger partial charge in [0.2, 0.25) is 5.91 Å². The summed E-state index contributed by atoms with van der Waals surface area (Å²) in [4.78, 5) is 22.7. The molecule has 0 spiro atoms. The fourth-order valence-electron chi connectivity index (χ4n) is 5.03. The van der Waals surface area contributed by atoms with Gasteiger partial charge in [-0.15, -0.1) is 0 Å². The minimum absolute atomic E-state index is 0.0700. The first kappa shape index (κ1) is 46.5. The quantitative estimate of drug-likeness (QED) is 0.0273. The predicted octanol–water partition coefficient (Wildman–Crippen LogP) is 9.74. The van der Waals surface area contributed by atoms with E-state index in [1.165, 1.54) is 51.4 Å². The first-order chi connectivity index (χ1) is 23.0. The van der Waals surface area contributed by atoms with Gasteiger partial charge in [-0.3, -0.25) is 13.8 Å². The molecule has 0 bridgehead atoms. The van der Waals surface area contributed by atoms with E-state index < -0.39 is 20.0 Å². The van der Waals surface area contributed by atoms with Crippen LogP contribution in [0.25, 0.3) is 0 Å². The molecule has 9 heteroatoms. The van der Waals surface area contributed by atoms with Crippen molar-refractivity contribution >= 4 is 13.7 Å². The maximum Gasteiger partial charge on any atom is 0.472 e. The fourth-order valence-corrected chi connectivity index (χ4v) is 5.77. The molecule has 3 atom stereocenters. The number of hydrogen-bond donors (Lipinski definition) is 3. The van der Waals surface area contributed by atoms with Crippen LogP contribution in [0.4, 0.5) is 0 Å². The number of carbonyl (C=O) groups excluding carboxylic acids is 1. The molecule has 3 unspecified atom stereocenters. The van der Waals surface area contributed by atoms with Gasteiger partial charge in [-0.2, -0.15) is 0 Å². The van der Waals surface area contributed by atoms with Crippen molar-refractivity contribution in [3.63, 3.8) is 0 Å². The Balaban J connectivity index is 4.01. The van der Waals surface area contributed by atoms with E-state index in [0.29, 0.717) is 23.9 Å². The highest BCUT2D eigenvalue weighted by molar-refractivity contribution is 7.47. The second-order valence-electron chi connectivity index (χ2n) is 13.9. The van der Waals surface area contributed by atoms with Gasteiger partial charge >= 0.3 is 7.82 Å². The van der Waals surface area contributed by atoms with E-state index >= 15 is 0 Å². The zero-order valence-electron chi connectivity index (χ0n) is 31.5. The first-order valence-corrected chi connectivity index (χ1v) is 20.5. The second-order valence-corrected chi connectivity index (χ2v) is 15.4. The number of phosphoric ester groups is 1. The average molecular weight is 698 g/mol. The molecule has 3 N–H and O–H groups in total. The number of aliphatic hydroxyl groups excluding tert-OH is 1. The molecule has 0 aromatic heterocycles. The molecule has 0 aliphatic rings. The molecule has 0 saturated heterocycles. The zero-order valence-corrected chi connectivity index (χ0v) is 32.4. The zero-order chi connectivity index (χ0) is 35.8. The summed E-state index contributed by atoms with van der Waals surface area (Å²) >= 11 is 0. The van der Waals surface area contributed by atoms with Crippen LogP contribution in [0, 0.1) is 0 Å². The SMILES string of the molecule is CC/C=C\C/C=C\C/C=C\C/C=C\CCCCCCCCCCCCC(=O)NC(COP(=O)(O)OCC[N+](C)(C)C)C(O)CCCCC. The summed E-state index contributed by atoms with van der Waals surface area (Å²) in [5, 5.41) is 13.5. The monoisotopic (exact) mass is 698 g/mol. The topological polar surface area (TPSA) is 105 Å². The van der Waals surface area contributed by atoms with Crippen LogP contribution in [0.5, 0.6) is 0 Å². The molecular formula is C39H74N2O6P+. The first-order valence-electron chi connectivity index (χ1n) is 19.0. The third kappa shape index (κ3) is 33.0. The second kappa shape index (κ2) is 31.4. The van der Waals surface area contributed by atoms with E-state index in [1.807, 2.05) is 21.1 Å². The summed E-state index contributed by atoms with van der Waals surface area (Å²) in [7, 11) is 1.59. The van der Waals surface area contributed by atoms with Crippen molar-refractivity contribution in [2.24, 2.45) is 0 Å². The normalized spacial score (nSPS) is 15.2. The molecule has 0 aliphatic carbocycles. The highest BCUT2D eigenvalue weighted by Gasteiger charge is 2.28. The van der Waals surface area contributed by atoms with Crippen molar-refractivity contribution < 1.29 is 32.9 Å². The van der Waals surface area contributed by atoms with Gasteiger partial charge in [0.05, 0.1) is 39.9 Å². The van der Waals surface area contributed by atoms with E-state index in [9.17, 15) is 19.4 Å². The lowest BCUT2D eigenvalue weighted by molar-refractivity contribution is -0.870. The summed E-state index contributed by atoms with van der Waals surface area (Å²) < 4.78 is 23.2. The van der Waals surface area contributed by atoms with Gasteiger partial charge in [0, 0.05) is 6.42 Å². The van der Waals surface area contributed by atoms with Crippen LogP contribution < -0.4 is 5.32 Å². The Labute approximate surface area is 295 Å². The lowest BCUT2D eigenvalue weighted by Crippen LogP contribution is -2.46. The third-order valence-corrected chi connectivity index (χ3v) is 9.08. The Morgan fingerprint density at radius 1 is 0.729 bits per heavy atom. The van der Waals surface area contributed by atoms with E-state index in [4.69, 9.17) is 9.05 Å². The number of nitrogens with one attached hydrogen (secondary N) is 1. The van der Waals surface area contributed by atoms with Crippen LogP contribution in [0.3, 0.4) is 0 Å². The number of allylic oxidation sites excluding steroid dienone is 8. The Morgan fingerprint density at radius 3 is 1.79 bits per heavy atom. The maximum absolute atomic E-state index is 12.7. The molecule has 48 heavy (non-hydrogen) atoms. The molecule has 0 aromatic rings. The average Bonchev–Trinajstić information content (AvgIpc) is 3.02. The molecule has 0 heterocycles. The van der Waals surface area contributed by atoms with Crippen molar-refractivity contribution in [2.45, 2.75) is 154 Å². The molecule has 0 saturated carbocycles. The third-order valence-electron chi connectivity index (χ3n) is 8.09. The molecule has 0 aliphatic heterocycles. The van der Waals surface area contributed by atoms with Crippen molar-refractivity contribution in [1.29, 1.82) is 0 Å². The van der Waals surface area contributed by atoms with E-state index in [1.54, 1.807) is 0 Å². The van der Waals surface area contributed by atoms with E-state index in [2.05, 4.69) is 67.8 Å². The van der Waals surface area contributed by atoms with Gasteiger partial charge in [0.1, 0.15) is 13.2 Å². The minimum atomic E-state index is -4.29. The lowest BCUT2D eigenvalue weighted by atomic mass is 10.0. The number of nitrogens with zero attached hydrogens (tertiary/aromatic N) is 1. The lowest BCUT2D eigenvalue weighted by Gasteiger charge is -2.26. The Hall–Kier alpha value is -1.54. The molecule has 0 radical (unpaired) electrons. The largest absolute Gasteiger partial charge is 0.472 e. The molecule has 0 rings (SSSR count). The molecule has 0 aromatic carbocycles. The van der Waals surface area contributed by atoms with Gasteiger partial charge in [0.15, 0.2) is 0 Å². The van der Waals surface area contributed by atoms with Crippen LogP contribution >= 0.6 is 7.82 Å². The number of hydrogen-bond acceptors (Lipinski definition) is 5. The van der Waals surface area contributed by atoms with Crippen LogP contribution in [0.15, 0.2) is 48.6 Å². The molecule has 8 nitrogen and oxygen atoms in total. The summed E-state index contributed by atoms with van der Waals surface area (Å²) in [5.74, 6) is -0.165. The number of carbonyl (C=O) groups is 1. The number of aliphatic hydroxyl groups is 1. The Kier molecular flexibility index (Phi) is 30.4. The molecule has 0 fully saturated rings. The molecular weight excluding hydrogens is 623 g/mol. The van der Waals surface area contributed by atoms with Crippen LogP contribution in [0.1, 0.15) is 142 Å². The van der Waals surface area contributed by atoms with Gasteiger partial charge in [0.25, 0.3) is 0 Å². The van der Waals surface area contributed by atoms with Gasteiger partial charge in [-0.1, -0.05) is 133 Å². The Bertz CT molecular complexity index is 928. The molecule has 1 amide bonds. The number of rotatable bonds is 33. The predicted molar refractivity (Wildman–Crippen MR) is 203 cm³/mol. The van der Waals surface area contributed by atoms with Crippen LogP contribution in [-0.2, 0) is 18.4 Å². The van der Waals surface area contributed by atoms with Crippen molar-refractivity contribution in [3.8, 4) is 0 Å². The van der Waals surface area contributed by atoms with E-state index in [-0.39, 0.29) is 19.1 Å². The highest BCUT2D eigenvalue weighted by Crippen LogP contribution is 2.43. The van der Waals surface area contributed by atoms with Crippen LogP contribution in [0.2, 0.25) is 0 Å². The molecule has 280 valence electrons. The number of likely N-dealkylation sites (N-methyl/N-ethyl adjacent to an activating group) is 1. The summed E-state index contributed by atoms with van der Waals surface area (Å²) in [6, 6.07) is -0.759. The summed E-state index contributed by atoms with van der Waals surface area (Å²) in [6.45, 7) is 4.58. The van der Waals surface area contributed by atoms with Crippen molar-refractivity contribution in [2.75, 3.05) is 40.9 Å². The number of phosphoric acid groups is 1. The van der Waals surface area contributed by atoms with Gasteiger partial charge in [-0.05, 0) is 51.4 Å². The highest BCUT2D eigenvalue weighted by atomic mass is 31.2. The minimum Gasteiger partial charge on any atom is -0.391 e. The summed E-state index contributed by atoms with van der Waals surface area (Å²) in [5.41, 5.74) is 0. The standard InChI is InChI=1S/C39H73N2O6P/c1-6-8-10-11-12-13-14-15-16-17-18-19-20-21-22-23-24-25-26-27-28-29-31-33-39(43)40-37(38(42)32-30-9-7-2)36-47-48(44,45)46-35-34-41(3,4)5/h8,10,12-13,15-16,18-19,37-38,42H,6-7,9,11,14,17,20-36H2,1-5H3,(H-,40,43,44,45)/p+1/b10-8-,13-12-,16-15-,19-18-. The smallest absolute Gasteiger partial charge is 0.391 e. The van der Waals surface area contributed by atoms with Gasteiger partial charge < -0.3 is 19.8 Å². The number of unbranched alkanes of at least 4 members (excludes halogenated alkanes) is 12.